The fraction of sp³-hybridized carbons (Fsp3) is 0.667. The average molecular weight is 344 g/mol. The van der Waals surface area contributed by atoms with Crippen LogP contribution in [0.2, 0.25) is 0 Å². The molecule has 0 spiro atoms. The number of hydrogen-bond donors (Lipinski definition) is 1. The molecule has 1 atom stereocenters. The van der Waals surface area contributed by atoms with Crippen LogP contribution < -0.4 is 5.32 Å². The third-order valence-electron chi connectivity index (χ3n) is 6.51. The molecule has 1 aromatic rings. The Morgan fingerprint density at radius 1 is 1.08 bits per heavy atom. The van der Waals surface area contributed by atoms with Gasteiger partial charge in [-0.25, -0.2) is 0 Å². The molecule has 0 radical (unpaired) electrons. The Morgan fingerprint density at radius 3 is 2.08 bits per heavy atom. The number of aryl methyl sites for hydroxylation is 2. The van der Waals surface area contributed by atoms with Crippen LogP contribution in [0.25, 0.3) is 0 Å². The standard InChI is InChI=1S/C21H29NOS/c1-13-5-4-6-14(2)19(13)22-20(23)15(3)24-21-10-16-7-17(11-21)9-18(8-16)12-21/h4-6,15-18H,7-12H2,1-3H3,(H,22,23)/t15-,16?,17?,18?,21?/m1/s1. The Balaban J connectivity index is 1.44. The zero-order valence-corrected chi connectivity index (χ0v) is 15.9. The molecule has 1 N–H and O–H groups in total. The van der Waals surface area contributed by atoms with Gasteiger partial charge in [-0.2, -0.15) is 0 Å². The molecule has 4 fully saturated rings. The Morgan fingerprint density at radius 2 is 1.58 bits per heavy atom. The van der Waals surface area contributed by atoms with Crippen molar-refractivity contribution in [2.75, 3.05) is 5.32 Å². The van der Waals surface area contributed by atoms with E-state index in [-0.39, 0.29) is 11.2 Å². The molecule has 4 saturated carbocycles. The van der Waals surface area contributed by atoms with Crippen molar-refractivity contribution in [3.8, 4) is 0 Å². The van der Waals surface area contributed by atoms with E-state index < -0.39 is 0 Å². The van der Waals surface area contributed by atoms with Crippen molar-refractivity contribution in [2.45, 2.75) is 69.3 Å². The van der Waals surface area contributed by atoms with E-state index in [1.165, 1.54) is 38.5 Å². The van der Waals surface area contributed by atoms with Crippen LogP contribution in [-0.4, -0.2) is 15.9 Å². The van der Waals surface area contributed by atoms with Crippen molar-refractivity contribution in [2.24, 2.45) is 17.8 Å². The zero-order chi connectivity index (χ0) is 16.9. The number of amides is 1. The van der Waals surface area contributed by atoms with E-state index in [1.807, 2.05) is 17.8 Å². The summed E-state index contributed by atoms with van der Waals surface area (Å²) in [4.78, 5) is 12.8. The molecule has 4 aliphatic carbocycles. The molecule has 5 rings (SSSR count). The zero-order valence-electron chi connectivity index (χ0n) is 15.1. The molecule has 0 saturated heterocycles. The van der Waals surface area contributed by atoms with Gasteiger partial charge in [0.25, 0.3) is 0 Å². The highest BCUT2D eigenvalue weighted by Gasteiger charge is 2.52. The van der Waals surface area contributed by atoms with E-state index in [1.54, 1.807) is 0 Å². The lowest BCUT2D eigenvalue weighted by Crippen LogP contribution is -2.49. The van der Waals surface area contributed by atoms with Gasteiger partial charge in [-0.05, 0) is 88.2 Å². The van der Waals surface area contributed by atoms with E-state index in [9.17, 15) is 4.79 Å². The molecule has 3 heteroatoms. The number of anilines is 1. The smallest absolute Gasteiger partial charge is 0.237 e. The minimum atomic E-state index is 0.0280. The number of nitrogens with one attached hydrogen (secondary N) is 1. The number of para-hydroxylation sites is 1. The molecule has 0 heterocycles. The quantitative estimate of drug-likeness (QED) is 0.800. The van der Waals surface area contributed by atoms with Crippen molar-refractivity contribution >= 4 is 23.4 Å². The summed E-state index contributed by atoms with van der Waals surface area (Å²) in [6.07, 6.45) is 8.44. The van der Waals surface area contributed by atoms with Gasteiger partial charge in [-0.1, -0.05) is 18.2 Å². The first-order chi connectivity index (χ1) is 11.4. The van der Waals surface area contributed by atoms with E-state index in [0.717, 1.165) is 34.6 Å². The third kappa shape index (κ3) is 3.00. The van der Waals surface area contributed by atoms with Crippen molar-refractivity contribution in [3.63, 3.8) is 0 Å². The van der Waals surface area contributed by atoms with E-state index in [2.05, 4.69) is 38.2 Å². The second-order valence-corrected chi connectivity index (χ2v) is 10.4. The second-order valence-electron chi connectivity index (χ2n) is 8.62. The van der Waals surface area contributed by atoms with Crippen LogP contribution in [0.5, 0.6) is 0 Å². The lowest BCUT2D eigenvalue weighted by Gasteiger charge is -2.57. The number of carbonyl (C=O) groups excluding carboxylic acids is 1. The number of hydrogen-bond acceptors (Lipinski definition) is 2. The SMILES string of the molecule is Cc1cccc(C)c1NC(=O)[C@@H](C)SC12CC3CC(CC(C3)C1)C2. The number of thioether (sulfide) groups is 1. The molecular formula is C21H29NOS. The van der Waals surface area contributed by atoms with Gasteiger partial charge >= 0.3 is 0 Å². The largest absolute Gasteiger partial charge is 0.325 e. The lowest BCUT2D eigenvalue weighted by molar-refractivity contribution is -0.115. The summed E-state index contributed by atoms with van der Waals surface area (Å²) in [6, 6.07) is 6.19. The van der Waals surface area contributed by atoms with Crippen LogP contribution >= 0.6 is 11.8 Å². The Kier molecular flexibility index (Phi) is 4.19. The van der Waals surface area contributed by atoms with Crippen LogP contribution in [0.1, 0.15) is 56.6 Å². The lowest BCUT2D eigenvalue weighted by atomic mass is 9.56. The van der Waals surface area contributed by atoms with Crippen LogP contribution in [0.15, 0.2) is 18.2 Å². The molecule has 1 aromatic carbocycles. The van der Waals surface area contributed by atoms with Crippen LogP contribution in [0.3, 0.4) is 0 Å². The van der Waals surface area contributed by atoms with E-state index in [0.29, 0.717) is 4.75 Å². The van der Waals surface area contributed by atoms with Crippen molar-refractivity contribution in [1.82, 2.24) is 0 Å². The van der Waals surface area contributed by atoms with Gasteiger partial charge in [0.1, 0.15) is 0 Å². The van der Waals surface area contributed by atoms with Gasteiger partial charge in [-0.15, -0.1) is 11.8 Å². The van der Waals surface area contributed by atoms with Crippen molar-refractivity contribution < 1.29 is 4.79 Å². The highest BCUT2D eigenvalue weighted by Crippen LogP contribution is 2.61. The first-order valence-electron chi connectivity index (χ1n) is 9.49. The second kappa shape index (κ2) is 6.09. The minimum absolute atomic E-state index is 0.0280. The molecule has 0 aromatic heterocycles. The summed E-state index contributed by atoms with van der Waals surface area (Å²) >= 11 is 1.98. The number of carbonyl (C=O) groups is 1. The average Bonchev–Trinajstić information content (AvgIpc) is 2.49. The fourth-order valence-corrected chi connectivity index (χ4v) is 7.75. The molecule has 4 aliphatic rings. The summed E-state index contributed by atoms with van der Waals surface area (Å²) < 4.78 is 0.395. The minimum Gasteiger partial charge on any atom is -0.325 e. The van der Waals surface area contributed by atoms with Gasteiger partial charge < -0.3 is 5.32 Å². The van der Waals surface area contributed by atoms with Gasteiger partial charge in [0.15, 0.2) is 0 Å². The highest BCUT2D eigenvalue weighted by molar-refractivity contribution is 8.01. The maximum atomic E-state index is 12.8. The third-order valence-corrected chi connectivity index (χ3v) is 8.08. The van der Waals surface area contributed by atoms with Crippen LogP contribution in [0.4, 0.5) is 5.69 Å². The molecule has 1 amide bonds. The monoisotopic (exact) mass is 343 g/mol. The Bertz CT molecular complexity index is 598. The van der Waals surface area contributed by atoms with Crippen molar-refractivity contribution in [3.05, 3.63) is 29.3 Å². The number of rotatable bonds is 4. The fourth-order valence-electron chi connectivity index (χ4n) is 5.84. The first-order valence-corrected chi connectivity index (χ1v) is 10.4. The van der Waals surface area contributed by atoms with Crippen molar-refractivity contribution in [1.29, 1.82) is 0 Å². The maximum Gasteiger partial charge on any atom is 0.237 e. The molecule has 4 bridgehead atoms. The summed E-state index contributed by atoms with van der Waals surface area (Å²) in [6.45, 7) is 6.24. The normalized spacial score (nSPS) is 35.0. The summed E-state index contributed by atoms with van der Waals surface area (Å²) in [7, 11) is 0. The summed E-state index contributed by atoms with van der Waals surface area (Å²) in [5.41, 5.74) is 3.30. The Labute approximate surface area is 150 Å². The molecule has 130 valence electrons. The molecule has 2 nitrogen and oxygen atoms in total. The predicted octanol–water partition coefficient (Wildman–Crippen LogP) is 5.33. The number of benzene rings is 1. The first kappa shape index (κ1) is 16.5. The summed E-state index contributed by atoms with van der Waals surface area (Å²) in [5, 5.41) is 3.23. The van der Waals surface area contributed by atoms with Gasteiger partial charge in [0, 0.05) is 10.4 Å². The Hall–Kier alpha value is -0.960. The molecule has 24 heavy (non-hydrogen) atoms. The van der Waals surface area contributed by atoms with E-state index in [4.69, 9.17) is 0 Å². The van der Waals surface area contributed by atoms with Gasteiger partial charge in [-0.3, -0.25) is 4.79 Å². The van der Waals surface area contributed by atoms with E-state index >= 15 is 0 Å². The molecule has 0 aliphatic heterocycles. The van der Waals surface area contributed by atoms with Crippen LogP contribution in [0, 0.1) is 31.6 Å². The van der Waals surface area contributed by atoms with Crippen LogP contribution in [-0.2, 0) is 4.79 Å². The maximum absolute atomic E-state index is 12.8. The molecular weight excluding hydrogens is 314 g/mol. The predicted molar refractivity (Wildman–Crippen MR) is 103 cm³/mol. The van der Waals surface area contributed by atoms with Gasteiger partial charge in [0.05, 0.1) is 5.25 Å². The van der Waals surface area contributed by atoms with Gasteiger partial charge in [0.2, 0.25) is 5.91 Å². The molecule has 0 unspecified atom stereocenters. The summed E-state index contributed by atoms with van der Waals surface area (Å²) in [5.74, 6) is 3.00. The highest BCUT2D eigenvalue weighted by atomic mass is 32.2. The topological polar surface area (TPSA) is 29.1 Å².